The Morgan fingerprint density at radius 3 is 2.29 bits per heavy atom. The molecule has 0 aliphatic heterocycles. The van der Waals surface area contributed by atoms with Crippen molar-refractivity contribution in [3.05, 3.63) is 22.6 Å². The summed E-state index contributed by atoms with van der Waals surface area (Å²) in [6.45, 7) is 8.01. The minimum absolute atomic E-state index is 0.354. The van der Waals surface area contributed by atoms with Crippen LogP contribution in [0.5, 0.6) is 0 Å². The molecule has 0 saturated carbocycles. The molecule has 0 spiro atoms. The molecule has 1 N–H and O–H groups in total. The van der Waals surface area contributed by atoms with E-state index in [-0.39, 0.29) is 6.10 Å². The summed E-state index contributed by atoms with van der Waals surface area (Å²) < 4.78 is 5.49. The van der Waals surface area contributed by atoms with E-state index in [0.717, 1.165) is 41.9 Å². The van der Waals surface area contributed by atoms with Crippen LogP contribution in [0, 0.1) is 20.8 Å². The lowest BCUT2D eigenvalue weighted by Crippen LogP contribution is -1.99. The van der Waals surface area contributed by atoms with Crippen LogP contribution in [0.1, 0.15) is 54.9 Å². The fraction of sp³-hybridized carbons (Fsp3) is 0.667. The Hall–Kier alpha value is -0.760. The second kappa shape index (κ2) is 4.65. The van der Waals surface area contributed by atoms with Gasteiger partial charge in [0.1, 0.15) is 11.5 Å². The lowest BCUT2D eigenvalue weighted by molar-refractivity contribution is 0.162. The van der Waals surface area contributed by atoms with Crippen molar-refractivity contribution in [3.8, 4) is 0 Å². The van der Waals surface area contributed by atoms with Crippen LogP contribution in [0.2, 0.25) is 0 Å². The summed E-state index contributed by atoms with van der Waals surface area (Å²) in [6.07, 6.45) is 2.65. The third-order valence-corrected chi connectivity index (χ3v) is 2.78. The number of unbranched alkanes of at least 4 members (excludes halogenated alkanes) is 1. The number of aryl methyl sites for hydroxylation is 2. The predicted octanol–water partition coefficient (Wildman–Crippen LogP) is 3.43. The molecule has 2 heteroatoms. The van der Waals surface area contributed by atoms with E-state index in [1.165, 1.54) is 0 Å². The lowest BCUT2D eigenvalue weighted by atomic mass is 10.0. The van der Waals surface area contributed by atoms with E-state index >= 15 is 0 Å². The number of hydrogen-bond donors (Lipinski definition) is 1. The van der Waals surface area contributed by atoms with Gasteiger partial charge in [-0.25, -0.2) is 0 Å². The molecular formula is C12H20O2. The van der Waals surface area contributed by atoms with Gasteiger partial charge in [-0.15, -0.1) is 0 Å². The van der Waals surface area contributed by atoms with E-state index in [2.05, 4.69) is 6.92 Å². The zero-order chi connectivity index (χ0) is 10.7. The molecular weight excluding hydrogens is 176 g/mol. The van der Waals surface area contributed by atoms with Crippen LogP contribution in [0.15, 0.2) is 4.42 Å². The quantitative estimate of drug-likeness (QED) is 0.800. The van der Waals surface area contributed by atoms with Crippen LogP contribution in [0.3, 0.4) is 0 Å². The molecule has 0 aromatic carbocycles. The van der Waals surface area contributed by atoms with E-state index in [9.17, 15) is 5.11 Å². The molecule has 1 aromatic heterocycles. The van der Waals surface area contributed by atoms with Gasteiger partial charge in [0.15, 0.2) is 0 Å². The second-order valence-corrected chi connectivity index (χ2v) is 3.91. The molecule has 1 unspecified atom stereocenters. The summed E-state index contributed by atoms with van der Waals surface area (Å²) in [5.41, 5.74) is 2.10. The minimum atomic E-state index is -0.354. The van der Waals surface area contributed by atoms with Crippen LogP contribution < -0.4 is 0 Å². The predicted molar refractivity (Wildman–Crippen MR) is 57.4 cm³/mol. The maximum Gasteiger partial charge on any atom is 0.107 e. The van der Waals surface area contributed by atoms with Gasteiger partial charge < -0.3 is 9.52 Å². The number of rotatable bonds is 4. The fourth-order valence-corrected chi connectivity index (χ4v) is 1.84. The van der Waals surface area contributed by atoms with E-state index in [1.54, 1.807) is 0 Å². The lowest BCUT2D eigenvalue weighted by Gasteiger charge is -2.10. The molecule has 1 heterocycles. The smallest absolute Gasteiger partial charge is 0.107 e. The summed E-state index contributed by atoms with van der Waals surface area (Å²) in [4.78, 5) is 0. The summed E-state index contributed by atoms with van der Waals surface area (Å²) in [7, 11) is 0. The Morgan fingerprint density at radius 2 is 1.86 bits per heavy atom. The molecule has 1 rings (SSSR count). The first-order valence-electron chi connectivity index (χ1n) is 5.32. The highest BCUT2D eigenvalue weighted by molar-refractivity contribution is 5.33. The first kappa shape index (κ1) is 11.3. The van der Waals surface area contributed by atoms with E-state index in [4.69, 9.17) is 4.42 Å². The maximum absolute atomic E-state index is 9.97. The molecule has 0 aliphatic carbocycles. The van der Waals surface area contributed by atoms with Gasteiger partial charge in [0, 0.05) is 5.56 Å². The molecule has 0 aliphatic rings. The molecule has 2 nitrogen and oxygen atoms in total. The summed E-state index contributed by atoms with van der Waals surface area (Å²) >= 11 is 0. The van der Waals surface area contributed by atoms with E-state index < -0.39 is 0 Å². The molecule has 0 saturated heterocycles. The average molecular weight is 196 g/mol. The third kappa shape index (κ3) is 2.18. The van der Waals surface area contributed by atoms with Crippen LogP contribution in [-0.4, -0.2) is 5.11 Å². The maximum atomic E-state index is 9.97. The van der Waals surface area contributed by atoms with Gasteiger partial charge >= 0.3 is 0 Å². The molecule has 0 amide bonds. The van der Waals surface area contributed by atoms with Crippen molar-refractivity contribution in [2.75, 3.05) is 0 Å². The molecule has 0 bridgehead atoms. The number of hydrogen-bond acceptors (Lipinski definition) is 2. The highest BCUT2D eigenvalue weighted by atomic mass is 16.3. The first-order valence-corrected chi connectivity index (χ1v) is 5.32. The number of aliphatic hydroxyl groups is 1. The van der Waals surface area contributed by atoms with E-state index in [1.807, 2.05) is 20.8 Å². The van der Waals surface area contributed by atoms with Crippen molar-refractivity contribution in [3.63, 3.8) is 0 Å². The Morgan fingerprint density at radius 1 is 1.21 bits per heavy atom. The topological polar surface area (TPSA) is 33.4 Å². The Labute approximate surface area is 85.9 Å². The van der Waals surface area contributed by atoms with Gasteiger partial charge in [-0.05, 0) is 32.8 Å². The van der Waals surface area contributed by atoms with Crippen LogP contribution in [0.25, 0.3) is 0 Å². The van der Waals surface area contributed by atoms with Crippen LogP contribution in [-0.2, 0) is 0 Å². The molecule has 0 radical (unpaired) electrons. The van der Waals surface area contributed by atoms with Crippen molar-refractivity contribution < 1.29 is 9.52 Å². The highest BCUT2D eigenvalue weighted by Crippen LogP contribution is 2.29. The van der Waals surface area contributed by atoms with Crippen molar-refractivity contribution >= 4 is 0 Å². The first-order chi connectivity index (χ1) is 6.57. The normalized spacial score (nSPS) is 13.2. The fourth-order valence-electron chi connectivity index (χ4n) is 1.84. The largest absolute Gasteiger partial charge is 0.466 e. The molecule has 1 aromatic rings. The Kier molecular flexibility index (Phi) is 3.76. The van der Waals surface area contributed by atoms with Crippen molar-refractivity contribution in [2.24, 2.45) is 0 Å². The van der Waals surface area contributed by atoms with E-state index in [0.29, 0.717) is 0 Å². The minimum Gasteiger partial charge on any atom is -0.466 e. The zero-order valence-electron chi connectivity index (χ0n) is 9.55. The molecule has 0 fully saturated rings. The van der Waals surface area contributed by atoms with Gasteiger partial charge in [0.2, 0.25) is 0 Å². The Bertz CT molecular complexity index is 300. The highest BCUT2D eigenvalue weighted by Gasteiger charge is 2.18. The van der Waals surface area contributed by atoms with Gasteiger partial charge in [-0.2, -0.15) is 0 Å². The standard InChI is InChI=1S/C12H20O2/c1-5-6-7-11(13)12-8(2)9(3)14-10(12)4/h11,13H,5-7H2,1-4H3. The third-order valence-electron chi connectivity index (χ3n) is 2.78. The van der Waals surface area contributed by atoms with Crippen molar-refractivity contribution in [2.45, 2.75) is 53.1 Å². The summed E-state index contributed by atoms with van der Waals surface area (Å²) in [5.74, 6) is 1.79. The van der Waals surface area contributed by atoms with Gasteiger partial charge in [0.25, 0.3) is 0 Å². The average Bonchev–Trinajstić information content (AvgIpc) is 2.38. The van der Waals surface area contributed by atoms with Crippen molar-refractivity contribution in [1.29, 1.82) is 0 Å². The molecule has 1 atom stereocenters. The SMILES string of the molecule is CCCCC(O)c1c(C)oc(C)c1C. The summed E-state index contributed by atoms with van der Waals surface area (Å²) in [5, 5.41) is 9.97. The Balaban J connectivity index is 2.83. The van der Waals surface area contributed by atoms with Gasteiger partial charge in [-0.3, -0.25) is 0 Å². The van der Waals surface area contributed by atoms with Crippen LogP contribution >= 0.6 is 0 Å². The second-order valence-electron chi connectivity index (χ2n) is 3.91. The number of aliphatic hydroxyl groups excluding tert-OH is 1. The van der Waals surface area contributed by atoms with Gasteiger partial charge in [-0.1, -0.05) is 19.8 Å². The zero-order valence-corrected chi connectivity index (χ0v) is 9.55. The number of furan rings is 1. The monoisotopic (exact) mass is 196 g/mol. The van der Waals surface area contributed by atoms with Crippen molar-refractivity contribution in [1.82, 2.24) is 0 Å². The van der Waals surface area contributed by atoms with Gasteiger partial charge in [0.05, 0.1) is 6.10 Å². The molecule has 14 heavy (non-hydrogen) atoms. The summed E-state index contributed by atoms with van der Waals surface area (Å²) in [6, 6.07) is 0. The molecule has 80 valence electrons. The van der Waals surface area contributed by atoms with Crippen LogP contribution in [0.4, 0.5) is 0 Å².